The molecule has 3 rings (SSSR count). The van der Waals surface area contributed by atoms with E-state index >= 15 is 0 Å². The molecule has 1 aliphatic heterocycles. The van der Waals surface area contributed by atoms with E-state index in [0.717, 1.165) is 0 Å². The molecule has 1 aliphatic rings. The van der Waals surface area contributed by atoms with E-state index in [2.05, 4.69) is 15.0 Å². The molecule has 4 N–H and O–H groups in total. The summed E-state index contributed by atoms with van der Waals surface area (Å²) in [6.45, 7) is 4.92. The highest BCUT2D eigenvalue weighted by atomic mass is 31.2. The summed E-state index contributed by atoms with van der Waals surface area (Å²) in [4.78, 5) is 22.6. The highest BCUT2D eigenvalue weighted by Crippen LogP contribution is 2.52. The summed E-state index contributed by atoms with van der Waals surface area (Å²) in [5.74, 6) is 0.235. The predicted octanol–water partition coefficient (Wildman–Crippen LogP) is 1.47. The van der Waals surface area contributed by atoms with Gasteiger partial charge in [-0.3, -0.25) is 9.09 Å². The molecule has 2 unspecified atom stereocenters. The van der Waals surface area contributed by atoms with Gasteiger partial charge in [-0.2, -0.15) is 0 Å². The Bertz CT molecular complexity index is 980. The maximum absolute atomic E-state index is 12.7. The number of hydrogen-bond donors (Lipinski definition) is 3. The average Bonchev–Trinajstić information content (AvgIpc) is 3.23. The predicted molar refractivity (Wildman–Crippen MR) is 111 cm³/mol. The Labute approximate surface area is 174 Å². The highest BCUT2D eigenvalue weighted by Gasteiger charge is 2.39. The highest BCUT2D eigenvalue weighted by molar-refractivity contribution is 7.63. The van der Waals surface area contributed by atoms with Gasteiger partial charge in [-0.05, 0) is 19.8 Å². The fourth-order valence-corrected chi connectivity index (χ4v) is 6.74. The first-order chi connectivity index (χ1) is 14.0. The lowest BCUT2D eigenvalue weighted by atomic mass is 10.2. The van der Waals surface area contributed by atoms with Crippen molar-refractivity contribution in [3.8, 4) is 0 Å². The average molecular weight is 462 g/mol. The zero-order valence-corrected chi connectivity index (χ0v) is 18.9. The molecule has 2 aromatic rings. The molecule has 4 atom stereocenters. The van der Waals surface area contributed by atoms with Crippen molar-refractivity contribution in [3.63, 3.8) is 0 Å². The van der Waals surface area contributed by atoms with Gasteiger partial charge in [0.2, 0.25) is 0 Å². The number of fused-ring (bicyclic) bond motifs is 1. The second kappa shape index (κ2) is 9.00. The van der Waals surface area contributed by atoms with Gasteiger partial charge in [-0.25, -0.2) is 24.2 Å². The lowest BCUT2D eigenvalue weighted by Gasteiger charge is -2.28. The molecule has 14 heteroatoms. The third-order valence-corrected chi connectivity index (χ3v) is 7.44. The number of nitrogens with zero attached hydrogens (tertiary/aromatic N) is 5. The molecule has 0 spiro atoms. The number of ether oxygens (including phenoxy) is 1. The Morgan fingerprint density at radius 3 is 2.77 bits per heavy atom. The van der Waals surface area contributed by atoms with Crippen LogP contribution in [0.4, 0.5) is 5.82 Å². The van der Waals surface area contributed by atoms with Crippen LogP contribution in [0.15, 0.2) is 12.7 Å². The van der Waals surface area contributed by atoms with Gasteiger partial charge in [0.05, 0.1) is 32.5 Å². The fraction of sp³-hybridized carbons (Fsp3) is 0.688. The molecule has 168 valence electrons. The number of rotatable bonds is 9. The molecule has 0 bridgehead atoms. The Kier molecular flexibility index (Phi) is 6.98. The van der Waals surface area contributed by atoms with E-state index in [4.69, 9.17) is 15.0 Å². The van der Waals surface area contributed by atoms with Crippen molar-refractivity contribution in [1.82, 2.24) is 24.2 Å². The zero-order chi connectivity index (χ0) is 22.1. The molecule has 0 saturated carbocycles. The van der Waals surface area contributed by atoms with Crippen LogP contribution in [-0.2, 0) is 18.4 Å². The number of imidazole rings is 1. The van der Waals surface area contributed by atoms with Crippen molar-refractivity contribution in [1.29, 1.82) is 0 Å². The molecule has 1 fully saturated rings. The normalized spacial score (nSPS) is 24.5. The molecule has 0 radical (unpaired) electrons. The molecule has 3 heterocycles. The Morgan fingerprint density at radius 1 is 1.37 bits per heavy atom. The summed E-state index contributed by atoms with van der Waals surface area (Å²) in [6, 6.07) is 0. The molecule has 30 heavy (non-hydrogen) atoms. The molecular weight excluding hydrogens is 434 g/mol. The number of nitrogens with two attached hydrogens (primary N) is 1. The van der Waals surface area contributed by atoms with Crippen LogP contribution in [0, 0.1) is 0 Å². The molecule has 0 aromatic carbocycles. The van der Waals surface area contributed by atoms with Crippen LogP contribution in [0.1, 0.15) is 26.0 Å². The van der Waals surface area contributed by atoms with Crippen LogP contribution in [0.25, 0.3) is 11.2 Å². The maximum atomic E-state index is 12.7. The van der Waals surface area contributed by atoms with Crippen LogP contribution < -0.4 is 5.73 Å². The number of anilines is 1. The van der Waals surface area contributed by atoms with E-state index in [1.165, 1.54) is 17.3 Å². The van der Waals surface area contributed by atoms with E-state index in [0.29, 0.717) is 17.6 Å². The summed E-state index contributed by atoms with van der Waals surface area (Å²) >= 11 is 0. The van der Waals surface area contributed by atoms with Crippen LogP contribution in [-0.4, -0.2) is 79.2 Å². The number of aliphatic hydroxyl groups is 1. The van der Waals surface area contributed by atoms with E-state index < -0.39 is 33.3 Å². The quantitative estimate of drug-likeness (QED) is 0.462. The SMILES string of the molecule is CCCN(CP(C)(C)=O)P(=O)(O)OC[C@H]1O[C@@H](n2cnc3c(N)ncnc32)CC1O. The minimum absolute atomic E-state index is 0.0343. The van der Waals surface area contributed by atoms with Gasteiger partial charge in [-0.1, -0.05) is 6.92 Å². The van der Waals surface area contributed by atoms with E-state index in [1.54, 1.807) is 17.9 Å². The maximum Gasteiger partial charge on any atom is 0.406 e. The Balaban J connectivity index is 1.68. The van der Waals surface area contributed by atoms with Crippen LogP contribution >= 0.6 is 14.9 Å². The monoisotopic (exact) mass is 462 g/mol. The summed E-state index contributed by atoms with van der Waals surface area (Å²) in [5, 5.41) is 10.4. The zero-order valence-electron chi connectivity index (χ0n) is 17.2. The van der Waals surface area contributed by atoms with Crippen molar-refractivity contribution in [2.24, 2.45) is 0 Å². The van der Waals surface area contributed by atoms with Gasteiger partial charge in [0, 0.05) is 13.0 Å². The standard InChI is InChI=1S/C16H28N6O6P2/c1-4-5-21(10-29(2,3)24)30(25,26)27-7-12-11(23)6-13(28-12)22-9-20-14-15(17)18-8-19-16(14)22/h8-9,11-13,23H,4-7,10H2,1-3H3,(H,25,26)(H2,17,18,19)/t11?,12-,13-/m1/s1. The molecule has 0 aliphatic carbocycles. The van der Waals surface area contributed by atoms with Crippen LogP contribution in [0.3, 0.4) is 0 Å². The summed E-state index contributed by atoms with van der Waals surface area (Å²) in [5.41, 5.74) is 6.68. The minimum Gasteiger partial charge on any atom is -0.390 e. The van der Waals surface area contributed by atoms with E-state index in [-0.39, 0.29) is 31.7 Å². The van der Waals surface area contributed by atoms with Crippen molar-refractivity contribution in [2.45, 2.75) is 38.2 Å². The van der Waals surface area contributed by atoms with Crippen LogP contribution in [0.2, 0.25) is 0 Å². The number of aromatic nitrogens is 4. The van der Waals surface area contributed by atoms with Crippen molar-refractivity contribution in [2.75, 3.05) is 38.5 Å². The molecule has 2 aromatic heterocycles. The number of nitrogen functional groups attached to an aromatic ring is 1. The first-order valence-corrected chi connectivity index (χ1v) is 13.9. The van der Waals surface area contributed by atoms with E-state index in [1.807, 2.05) is 6.92 Å². The van der Waals surface area contributed by atoms with Gasteiger partial charge in [0.15, 0.2) is 11.5 Å². The van der Waals surface area contributed by atoms with Crippen molar-refractivity contribution in [3.05, 3.63) is 12.7 Å². The second-order valence-electron chi connectivity index (χ2n) is 7.75. The molecule has 1 saturated heterocycles. The van der Waals surface area contributed by atoms with Gasteiger partial charge >= 0.3 is 7.75 Å². The van der Waals surface area contributed by atoms with Crippen molar-refractivity contribution >= 4 is 31.9 Å². The smallest absolute Gasteiger partial charge is 0.390 e. The first kappa shape index (κ1) is 23.3. The molecule has 0 amide bonds. The lowest BCUT2D eigenvalue weighted by molar-refractivity contribution is -0.0414. The number of aliphatic hydroxyl groups excluding tert-OH is 1. The van der Waals surface area contributed by atoms with Gasteiger partial charge in [0.1, 0.15) is 24.2 Å². The summed E-state index contributed by atoms with van der Waals surface area (Å²) < 4.78 is 38.8. The van der Waals surface area contributed by atoms with E-state index in [9.17, 15) is 19.1 Å². The molecule has 12 nitrogen and oxygen atoms in total. The van der Waals surface area contributed by atoms with Crippen LogP contribution in [0.5, 0.6) is 0 Å². The fourth-order valence-electron chi connectivity index (χ4n) is 3.30. The lowest BCUT2D eigenvalue weighted by Crippen LogP contribution is -2.29. The largest absolute Gasteiger partial charge is 0.406 e. The van der Waals surface area contributed by atoms with Gasteiger partial charge in [-0.15, -0.1) is 0 Å². The first-order valence-electron chi connectivity index (χ1n) is 9.55. The summed E-state index contributed by atoms with van der Waals surface area (Å²) in [6.07, 6.45) is 1.24. The minimum atomic E-state index is -4.21. The third-order valence-electron chi connectivity index (χ3n) is 4.65. The summed E-state index contributed by atoms with van der Waals surface area (Å²) in [7, 11) is -6.79. The Hall–Kier alpha value is -1.39. The third kappa shape index (κ3) is 5.26. The van der Waals surface area contributed by atoms with Crippen molar-refractivity contribution < 1.29 is 28.4 Å². The van der Waals surface area contributed by atoms with Gasteiger partial charge in [0.25, 0.3) is 0 Å². The second-order valence-corrected chi connectivity index (χ2v) is 13.0. The van der Waals surface area contributed by atoms with Gasteiger partial charge < -0.3 is 25.0 Å². The Morgan fingerprint density at radius 2 is 2.10 bits per heavy atom. The topological polar surface area (TPSA) is 166 Å². The molecular formula is C16H28N6O6P2. The number of hydrogen-bond acceptors (Lipinski definition) is 9.